The van der Waals surface area contributed by atoms with Gasteiger partial charge >= 0.3 is 0 Å². The molecule has 0 spiro atoms. The quantitative estimate of drug-likeness (QED) is 0.453. The van der Waals surface area contributed by atoms with Gasteiger partial charge in [0.25, 0.3) is 5.91 Å². The molecule has 0 fully saturated rings. The van der Waals surface area contributed by atoms with Crippen LogP contribution in [0.15, 0.2) is 59.7 Å². The predicted molar refractivity (Wildman–Crippen MR) is 116 cm³/mol. The minimum atomic E-state index is -0.736. The van der Waals surface area contributed by atoms with Gasteiger partial charge in [-0.3, -0.25) is 4.79 Å². The van der Waals surface area contributed by atoms with Crippen LogP contribution in [0.2, 0.25) is 0 Å². The summed E-state index contributed by atoms with van der Waals surface area (Å²) in [5, 5.41) is 6.01. The molecule has 0 aliphatic rings. The fraction of sp³-hybridized carbons (Fsp3) is 0.217. The zero-order chi connectivity index (χ0) is 21.5. The Labute approximate surface area is 175 Å². The van der Waals surface area contributed by atoms with E-state index in [0.29, 0.717) is 28.6 Å². The van der Waals surface area contributed by atoms with Crippen LogP contribution in [0.3, 0.4) is 0 Å². The second-order valence-corrected chi connectivity index (χ2v) is 6.42. The summed E-state index contributed by atoms with van der Waals surface area (Å²) in [5.41, 5.74) is 3.12. The minimum Gasteiger partial charge on any atom is -0.496 e. The van der Waals surface area contributed by atoms with Crippen LogP contribution < -0.4 is 24.4 Å². The van der Waals surface area contributed by atoms with Crippen molar-refractivity contribution in [1.29, 1.82) is 0 Å². The molecule has 0 radical (unpaired) electrons. The van der Waals surface area contributed by atoms with E-state index in [1.54, 1.807) is 33.3 Å². The van der Waals surface area contributed by atoms with Crippen molar-refractivity contribution >= 4 is 22.9 Å². The minimum absolute atomic E-state index is 0.376. The Morgan fingerprint density at radius 1 is 0.900 bits per heavy atom. The molecule has 3 rings (SSSR count). The number of ether oxygens (including phenoxy) is 4. The van der Waals surface area contributed by atoms with E-state index in [-0.39, 0.29) is 5.91 Å². The van der Waals surface area contributed by atoms with Crippen LogP contribution in [0.4, 0.5) is 0 Å². The molecule has 30 heavy (non-hydrogen) atoms. The average molecular weight is 408 g/mol. The Bertz CT molecular complexity index is 1060. The third-order valence-electron chi connectivity index (χ3n) is 4.54. The summed E-state index contributed by atoms with van der Waals surface area (Å²) in [4.78, 5) is 12.4. The maximum Gasteiger partial charge on any atom is 0.280 e. The molecule has 3 aromatic rings. The van der Waals surface area contributed by atoms with E-state index in [1.165, 1.54) is 13.3 Å². The first-order valence-electron chi connectivity index (χ1n) is 9.34. The van der Waals surface area contributed by atoms with Gasteiger partial charge in [0.2, 0.25) is 0 Å². The molecular weight excluding hydrogens is 384 g/mol. The van der Waals surface area contributed by atoms with Gasteiger partial charge in [-0.25, -0.2) is 5.43 Å². The SMILES string of the molecule is COc1cc(OC)c(OC)cc1C=NNC(=O)C(C)Oc1cccc2ccccc12. The first kappa shape index (κ1) is 21.0. The highest BCUT2D eigenvalue weighted by Gasteiger charge is 2.16. The molecule has 0 saturated carbocycles. The second-order valence-electron chi connectivity index (χ2n) is 6.42. The van der Waals surface area contributed by atoms with Crippen LogP contribution in [0, 0.1) is 0 Å². The summed E-state index contributed by atoms with van der Waals surface area (Å²) in [6.45, 7) is 1.67. The van der Waals surface area contributed by atoms with Crippen molar-refractivity contribution < 1.29 is 23.7 Å². The normalized spacial score (nSPS) is 11.9. The Morgan fingerprint density at radius 3 is 2.30 bits per heavy atom. The van der Waals surface area contributed by atoms with E-state index in [1.807, 2.05) is 42.5 Å². The number of hydrazone groups is 1. The molecule has 0 aliphatic carbocycles. The van der Waals surface area contributed by atoms with Gasteiger partial charge in [0.1, 0.15) is 11.5 Å². The number of rotatable bonds is 8. The topological polar surface area (TPSA) is 78.4 Å². The molecule has 1 unspecified atom stereocenters. The lowest BCUT2D eigenvalue weighted by Gasteiger charge is -2.15. The predicted octanol–water partition coefficient (Wildman–Crippen LogP) is 3.78. The van der Waals surface area contributed by atoms with Crippen LogP contribution in [0.1, 0.15) is 12.5 Å². The van der Waals surface area contributed by atoms with E-state index >= 15 is 0 Å². The number of nitrogens with zero attached hydrogens (tertiary/aromatic N) is 1. The van der Waals surface area contributed by atoms with E-state index in [4.69, 9.17) is 18.9 Å². The van der Waals surface area contributed by atoms with E-state index in [0.717, 1.165) is 10.8 Å². The summed E-state index contributed by atoms with van der Waals surface area (Å²) in [6, 6.07) is 17.0. The van der Waals surface area contributed by atoms with Gasteiger partial charge in [0.15, 0.2) is 17.6 Å². The summed E-state index contributed by atoms with van der Waals surface area (Å²) in [6.07, 6.45) is 0.740. The number of hydrogen-bond donors (Lipinski definition) is 1. The first-order valence-corrected chi connectivity index (χ1v) is 9.34. The van der Waals surface area contributed by atoms with Gasteiger partial charge < -0.3 is 18.9 Å². The Hall–Kier alpha value is -3.74. The van der Waals surface area contributed by atoms with Crippen molar-refractivity contribution in [1.82, 2.24) is 5.43 Å². The van der Waals surface area contributed by atoms with Gasteiger partial charge in [-0.05, 0) is 24.4 Å². The van der Waals surface area contributed by atoms with Crippen LogP contribution in [-0.2, 0) is 4.79 Å². The van der Waals surface area contributed by atoms with Crippen molar-refractivity contribution in [2.45, 2.75) is 13.0 Å². The van der Waals surface area contributed by atoms with Gasteiger partial charge in [0.05, 0.1) is 27.5 Å². The number of amides is 1. The van der Waals surface area contributed by atoms with E-state index in [2.05, 4.69) is 10.5 Å². The standard InChI is InChI=1S/C23H24N2O5/c1-15(30-19-11-7-9-16-8-5-6-10-18(16)19)23(26)25-24-14-17-12-21(28-3)22(29-4)13-20(17)27-2/h5-15H,1-4H3,(H,25,26). The van der Waals surface area contributed by atoms with E-state index in [9.17, 15) is 4.79 Å². The van der Waals surface area contributed by atoms with Crippen molar-refractivity contribution in [2.24, 2.45) is 5.10 Å². The lowest BCUT2D eigenvalue weighted by Crippen LogP contribution is -2.33. The van der Waals surface area contributed by atoms with Crippen LogP contribution in [-0.4, -0.2) is 39.6 Å². The molecule has 0 aliphatic heterocycles. The number of carbonyl (C=O) groups excluding carboxylic acids is 1. The lowest BCUT2D eigenvalue weighted by atomic mass is 10.1. The molecule has 0 saturated heterocycles. The maximum atomic E-state index is 12.4. The van der Waals surface area contributed by atoms with Gasteiger partial charge in [-0.2, -0.15) is 5.10 Å². The molecule has 0 aromatic heterocycles. The number of benzene rings is 3. The molecule has 3 aromatic carbocycles. The van der Waals surface area contributed by atoms with Crippen LogP contribution in [0.5, 0.6) is 23.0 Å². The summed E-state index contributed by atoms with van der Waals surface area (Å²) >= 11 is 0. The Morgan fingerprint density at radius 2 is 1.57 bits per heavy atom. The first-order chi connectivity index (χ1) is 14.6. The monoisotopic (exact) mass is 408 g/mol. The third kappa shape index (κ3) is 4.63. The number of methoxy groups -OCH3 is 3. The Balaban J connectivity index is 1.70. The lowest BCUT2D eigenvalue weighted by molar-refractivity contribution is -0.127. The fourth-order valence-corrected chi connectivity index (χ4v) is 2.95. The highest BCUT2D eigenvalue weighted by molar-refractivity contribution is 5.90. The molecule has 0 heterocycles. The molecular formula is C23H24N2O5. The largest absolute Gasteiger partial charge is 0.496 e. The third-order valence-corrected chi connectivity index (χ3v) is 4.54. The molecule has 7 nitrogen and oxygen atoms in total. The molecule has 1 amide bonds. The van der Waals surface area contributed by atoms with Crippen LogP contribution >= 0.6 is 0 Å². The highest BCUT2D eigenvalue weighted by atomic mass is 16.5. The maximum absolute atomic E-state index is 12.4. The smallest absolute Gasteiger partial charge is 0.280 e. The second kappa shape index (κ2) is 9.65. The summed E-state index contributed by atoms with van der Waals surface area (Å²) < 4.78 is 21.8. The number of carbonyl (C=O) groups is 1. The number of nitrogens with one attached hydrogen (secondary N) is 1. The average Bonchev–Trinajstić information content (AvgIpc) is 2.78. The van der Waals surface area contributed by atoms with Gasteiger partial charge in [0, 0.05) is 17.0 Å². The molecule has 7 heteroatoms. The molecule has 1 atom stereocenters. The highest BCUT2D eigenvalue weighted by Crippen LogP contribution is 2.33. The molecule has 156 valence electrons. The van der Waals surface area contributed by atoms with Crippen molar-refractivity contribution in [3.8, 4) is 23.0 Å². The van der Waals surface area contributed by atoms with Crippen molar-refractivity contribution in [3.63, 3.8) is 0 Å². The van der Waals surface area contributed by atoms with E-state index < -0.39 is 6.10 Å². The summed E-state index contributed by atoms with van der Waals surface area (Å²) in [5.74, 6) is 1.86. The zero-order valence-electron chi connectivity index (χ0n) is 17.3. The molecule has 1 N–H and O–H groups in total. The van der Waals surface area contributed by atoms with Crippen molar-refractivity contribution in [3.05, 3.63) is 60.2 Å². The van der Waals surface area contributed by atoms with Gasteiger partial charge in [-0.1, -0.05) is 36.4 Å². The van der Waals surface area contributed by atoms with Crippen LogP contribution in [0.25, 0.3) is 10.8 Å². The van der Waals surface area contributed by atoms with Crippen molar-refractivity contribution in [2.75, 3.05) is 21.3 Å². The Kier molecular flexibility index (Phi) is 6.75. The number of fused-ring (bicyclic) bond motifs is 1. The fourth-order valence-electron chi connectivity index (χ4n) is 2.95. The zero-order valence-corrected chi connectivity index (χ0v) is 17.3. The van der Waals surface area contributed by atoms with Gasteiger partial charge in [-0.15, -0.1) is 0 Å². The molecule has 0 bridgehead atoms. The summed E-state index contributed by atoms with van der Waals surface area (Å²) in [7, 11) is 4.62. The number of hydrogen-bond acceptors (Lipinski definition) is 6.